The van der Waals surface area contributed by atoms with Gasteiger partial charge in [0.15, 0.2) is 0 Å². The summed E-state index contributed by atoms with van der Waals surface area (Å²) in [6.07, 6.45) is 1.54. The first-order chi connectivity index (χ1) is 9.50. The van der Waals surface area contributed by atoms with E-state index >= 15 is 0 Å². The molecule has 0 aliphatic carbocycles. The lowest BCUT2D eigenvalue weighted by Gasteiger charge is -2.09. The van der Waals surface area contributed by atoms with Gasteiger partial charge in [-0.25, -0.2) is 8.42 Å². The van der Waals surface area contributed by atoms with Crippen LogP contribution in [-0.4, -0.2) is 13.4 Å². The Balaban J connectivity index is 2.22. The van der Waals surface area contributed by atoms with Crippen LogP contribution in [0.15, 0.2) is 42.6 Å². The predicted octanol–water partition coefficient (Wildman–Crippen LogP) is 2.20. The van der Waals surface area contributed by atoms with Gasteiger partial charge in [-0.15, -0.1) is 0 Å². The number of sulfonamides is 1. The molecule has 1 N–H and O–H groups in total. The van der Waals surface area contributed by atoms with Gasteiger partial charge in [-0.3, -0.25) is 9.71 Å². The number of aromatic nitrogens is 1. The second-order valence-electron chi connectivity index (χ2n) is 4.32. The molecule has 102 valence electrons. The van der Waals surface area contributed by atoms with E-state index in [-0.39, 0.29) is 5.75 Å². The van der Waals surface area contributed by atoms with Crippen LogP contribution in [-0.2, 0) is 15.8 Å². The van der Waals surface area contributed by atoms with Crippen LogP contribution in [0.1, 0.15) is 16.8 Å². The molecule has 2 rings (SSSR count). The van der Waals surface area contributed by atoms with E-state index < -0.39 is 10.0 Å². The smallest absolute Gasteiger partial charge is 0.236 e. The average molecular weight is 287 g/mol. The fourth-order valence-corrected chi connectivity index (χ4v) is 3.00. The summed E-state index contributed by atoms with van der Waals surface area (Å²) in [7, 11) is -3.57. The molecule has 6 heteroatoms. The second kappa shape index (κ2) is 5.72. The zero-order chi connectivity index (χ0) is 14.6. The molecule has 1 aromatic carbocycles. The first-order valence-electron chi connectivity index (χ1n) is 5.91. The molecule has 0 aliphatic heterocycles. The number of pyridine rings is 1. The molecule has 20 heavy (non-hydrogen) atoms. The molecule has 0 aliphatic rings. The summed E-state index contributed by atoms with van der Waals surface area (Å²) in [5.74, 6) is -0.238. The SMILES string of the molecule is Cc1cc(NS(=O)(=O)Cc2ccccc2C#N)ccn1. The van der Waals surface area contributed by atoms with E-state index in [2.05, 4.69) is 9.71 Å². The van der Waals surface area contributed by atoms with Gasteiger partial charge in [0.25, 0.3) is 0 Å². The minimum Gasteiger partial charge on any atom is -0.283 e. The molecule has 0 fully saturated rings. The van der Waals surface area contributed by atoms with Crippen molar-refractivity contribution >= 4 is 15.7 Å². The first-order valence-corrected chi connectivity index (χ1v) is 7.56. The molecule has 2 aromatic rings. The molecule has 1 aromatic heterocycles. The van der Waals surface area contributed by atoms with Gasteiger partial charge >= 0.3 is 0 Å². The number of benzene rings is 1. The molecule has 0 saturated heterocycles. The van der Waals surface area contributed by atoms with E-state index in [1.807, 2.05) is 6.07 Å². The van der Waals surface area contributed by atoms with E-state index in [1.54, 1.807) is 43.3 Å². The highest BCUT2D eigenvalue weighted by atomic mass is 32.2. The van der Waals surface area contributed by atoms with Crippen molar-refractivity contribution in [3.8, 4) is 6.07 Å². The van der Waals surface area contributed by atoms with Crippen LogP contribution in [0.25, 0.3) is 0 Å². The Morgan fingerprint density at radius 3 is 2.75 bits per heavy atom. The van der Waals surface area contributed by atoms with Crippen molar-refractivity contribution in [1.82, 2.24) is 4.98 Å². The number of anilines is 1. The van der Waals surface area contributed by atoms with Gasteiger partial charge in [0.05, 0.1) is 23.1 Å². The van der Waals surface area contributed by atoms with E-state index in [1.165, 1.54) is 6.20 Å². The van der Waals surface area contributed by atoms with Crippen molar-refractivity contribution in [1.29, 1.82) is 5.26 Å². The Kier molecular flexibility index (Phi) is 4.01. The van der Waals surface area contributed by atoms with Gasteiger partial charge in [-0.05, 0) is 30.7 Å². The number of nitrogens with zero attached hydrogens (tertiary/aromatic N) is 2. The minimum absolute atomic E-state index is 0.238. The Labute approximate surface area is 118 Å². The normalized spacial score (nSPS) is 10.8. The zero-order valence-electron chi connectivity index (χ0n) is 10.9. The molecular formula is C14H13N3O2S. The minimum atomic E-state index is -3.57. The number of nitrogens with one attached hydrogen (secondary N) is 1. The Bertz CT molecular complexity index is 764. The fraction of sp³-hybridized carbons (Fsp3) is 0.143. The molecule has 0 unspecified atom stereocenters. The standard InChI is InChI=1S/C14H13N3O2S/c1-11-8-14(6-7-16-11)17-20(18,19)10-13-5-3-2-4-12(13)9-15/h2-8H,10H2,1H3,(H,16,17). The fourth-order valence-electron chi connectivity index (χ4n) is 1.78. The number of rotatable bonds is 4. The number of nitriles is 1. The summed E-state index contributed by atoms with van der Waals surface area (Å²) >= 11 is 0. The van der Waals surface area contributed by atoms with Crippen LogP contribution in [0, 0.1) is 18.3 Å². The highest BCUT2D eigenvalue weighted by Gasteiger charge is 2.14. The lowest BCUT2D eigenvalue weighted by Crippen LogP contribution is -2.15. The van der Waals surface area contributed by atoms with Gasteiger partial charge in [0, 0.05) is 11.9 Å². The highest BCUT2D eigenvalue weighted by molar-refractivity contribution is 7.91. The van der Waals surface area contributed by atoms with Crippen molar-refractivity contribution < 1.29 is 8.42 Å². The molecule has 0 bridgehead atoms. The van der Waals surface area contributed by atoms with Crippen molar-refractivity contribution in [3.63, 3.8) is 0 Å². The molecule has 0 saturated carbocycles. The van der Waals surface area contributed by atoms with Crippen LogP contribution in [0.2, 0.25) is 0 Å². The van der Waals surface area contributed by atoms with Gasteiger partial charge in [0.2, 0.25) is 10.0 Å². The maximum Gasteiger partial charge on any atom is 0.236 e. The predicted molar refractivity (Wildman–Crippen MR) is 76.4 cm³/mol. The average Bonchev–Trinajstić information content (AvgIpc) is 2.38. The van der Waals surface area contributed by atoms with Crippen molar-refractivity contribution in [2.45, 2.75) is 12.7 Å². The third kappa shape index (κ3) is 3.56. The van der Waals surface area contributed by atoms with Crippen LogP contribution < -0.4 is 4.72 Å². The maximum atomic E-state index is 12.1. The van der Waals surface area contributed by atoms with Crippen LogP contribution >= 0.6 is 0 Å². The molecular weight excluding hydrogens is 274 g/mol. The van der Waals surface area contributed by atoms with Crippen LogP contribution in [0.3, 0.4) is 0 Å². The lowest BCUT2D eigenvalue weighted by molar-refractivity contribution is 0.600. The number of hydrogen-bond donors (Lipinski definition) is 1. The van der Waals surface area contributed by atoms with Crippen molar-refractivity contribution in [2.75, 3.05) is 4.72 Å². The van der Waals surface area contributed by atoms with E-state index in [0.717, 1.165) is 5.69 Å². The third-order valence-corrected chi connectivity index (χ3v) is 3.89. The largest absolute Gasteiger partial charge is 0.283 e. The Morgan fingerprint density at radius 2 is 2.05 bits per heavy atom. The first kappa shape index (κ1) is 14.0. The van der Waals surface area contributed by atoms with Crippen molar-refractivity contribution in [3.05, 3.63) is 59.4 Å². The quantitative estimate of drug-likeness (QED) is 0.934. The third-order valence-electron chi connectivity index (χ3n) is 2.65. The van der Waals surface area contributed by atoms with Gasteiger partial charge in [-0.2, -0.15) is 5.26 Å². The van der Waals surface area contributed by atoms with Crippen LogP contribution in [0.4, 0.5) is 5.69 Å². The van der Waals surface area contributed by atoms with Gasteiger partial charge in [0.1, 0.15) is 0 Å². The monoisotopic (exact) mass is 287 g/mol. The van der Waals surface area contributed by atoms with Gasteiger partial charge in [-0.1, -0.05) is 18.2 Å². The summed E-state index contributed by atoms with van der Waals surface area (Å²) in [6, 6.07) is 11.9. The summed E-state index contributed by atoms with van der Waals surface area (Å²) in [6.45, 7) is 1.78. The van der Waals surface area contributed by atoms with Crippen molar-refractivity contribution in [2.24, 2.45) is 0 Å². The highest BCUT2D eigenvalue weighted by Crippen LogP contribution is 2.15. The molecule has 0 radical (unpaired) electrons. The summed E-state index contributed by atoms with van der Waals surface area (Å²) in [5, 5.41) is 8.97. The summed E-state index contributed by atoms with van der Waals surface area (Å²) in [4.78, 5) is 4.00. The number of aryl methyl sites for hydroxylation is 1. The molecule has 1 heterocycles. The van der Waals surface area contributed by atoms with E-state index in [0.29, 0.717) is 16.8 Å². The summed E-state index contributed by atoms with van der Waals surface area (Å²) < 4.78 is 26.7. The summed E-state index contributed by atoms with van der Waals surface area (Å²) in [5.41, 5.74) is 2.03. The Hall–Kier alpha value is -2.39. The second-order valence-corrected chi connectivity index (χ2v) is 6.04. The molecule has 0 spiro atoms. The van der Waals surface area contributed by atoms with Crippen LogP contribution in [0.5, 0.6) is 0 Å². The van der Waals surface area contributed by atoms with Gasteiger partial charge < -0.3 is 0 Å². The molecule has 0 atom stereocenters. The maximum absolute atomic E-state index is 12.1. The zero-order valence-corrected chi connectivity index (χ0v) is 11.7. The van der Waals surface area contributed by atoms with E-state index in [4.69, 9.17) is 5.26 Å². The van der Waals surface area contributed by atoms with E-state index in [9.17, 15) is 8.42 Å². The Morgan fingerprint density at radius 1 is 1.30 bits per heavy atom. The molecule has 0 amide bonds. The topological polar surface area (TPSA) is 82.9 Å². The number of hydrogen-bond acceptors (Lipinski definition) is 4. The lowest BCUT2D eigenvalue weighted by atomic mass is 10.1. The molecule has 5 nitrogen and oxygen atoms in total.